The zero-order valence-corrected chi connectivity index (χ0v) is 12.1. The van der Waals surface area contributed by atoms with Crippen molar-refractivity contribution < 1.29 is 19.1 Å². The lowest BCUT2D eigenvalue weighted by molar-refractivity contribution is -0.152. The summed E-state index contributed by atoms with van der Waals surface area (Å²) in [5, 5.41) is 0. The zero-order valence-electron chi connectivity index (χ0n) is 12.1. The molecule has 1 unspecified atom stereocenters. The van der Waals surface area contributed by atoms with E-state index in [9.17, 15) is 9.59 Å². The summed E-state index contributed by atoms with van der Waals surface area (Å²) in [5.74, 6) is -0.409. The Labute approximate surface area is 105 Å². The molecule has 0 radical (unpaired) electrons. The van der Waals surface area contributed by atoms with Crippen molar-refractivity contribution in [2.45, 2.75) is 73.0 Å². The van der Waals surface area contributed by atoms with Crippen molar-refractivity contribution in [3.8, 4) is 0 Å². The monoisotopic (exact) mass is 246 g/mol. The number of hydrogen-bond donors (Lipinski definition) is 0. The van der Waals surface area contributed by atoms with E-state index in [1.54, 1.807) is 0 Å². The van der Waals surface area contributed by atoms with Gasteiger partial charge in [0.2, 0.25) is 0 Å². The summed E-state index contributed by atoms with van der Waals surface area (Å²) >= 11 is 0. The molecule has 0 aliphatic heterocycles. The molecule has 0 rings (SSSR count). The molecule has 0 N–H and O–H groups in total. The first-order chi connectivity index (χ1) is 7.58. The van der Waals surface area contributed by atoms with Gasteiger partial charge in [0, 0.05) is 13.8 Å². The molecule has 0 aromatic rings. The van der Waals surface area contributed by atoms with Gasteiger partial charge in [-0.05, 0) is 34.1 Å². The van der Waals surface area contributed by atoms with Gasteiger partial charge < -0.3 is 9.47 Å². The first-order valence-corrected chi connectivity index (χ1v) is 5.95. The van der Waals surface area contributed by atoms with Crippen LogP contribution in [-0.2, 0) is 19.1 Å². The molecule has 0 aliphatic carbocycles. The van der Waals surface area contributed by atoms with Crippen molar-refractivity contribution in [2.75, 3.05) is 0 Å². The Morgan fingerprint density at radius 2 is 1.59 bits per heavy atom. The summed E-state index contributed by atoms with van der Waals surface area (Å²) in [7, 11) is 0. The van der Waals surface area contributed by atoms with Gasteiger partial charge in [-0.2, -0.15) is 0 Å². The van der Waals surface area contributed by atoms with Gasteiger partial charge in [0.25, 0.3) is 0 Å². The number of carbonyl (C=O) groups is 2. The van der Waals surface area contributed by atoms with Crippen LogP contribution in [0.2, 0.25) is 0 Å². The summed E-state index contributed by atoms with van der Waals surface area (Å²) in [6.45, 7) is 12.3. The molecular formula is C13H26O4. The minimum absolute atomic E-state index is 0.0903. The van der Waals surface area contributed by atoms with E-state index in [1.807, 2.05) is 27.7 Å². The Morgan fingerprint density at radius 3 is 1.76 bits per heavy atom. The van der Waals surface area contributed by atoms with Crippen LogP contribution in [0.3, 0.4) is 0 Å². The lowest BCUT2D eigenvalue weighted by Crippen LogP contribution is -2.21. The van der Waals surface area contributed by atoms with Gasteiger partial charge in [-0.3, -0.25) is 9.59 Å². The molecule has 0 aromatic carbocycles. The lowest BCUT2D eigenvalue weighted by atomic mass is 10.2. The number of esters is 2. The Bertz CT molecular complexity index is 228. The maximum Gasteiger partial charge on any atom is 0.303 e. The van der Waals surface area contributed by atoms with E-state index in [1.165, 1.54) is 13.8 Å². The van der Waals surface area contributed by atoms with Gasteiger partial charge in [0.05, 0.1) is 6.10 Å². The third kappa shape index (κ3) is 20.9. The summed E-state index contributed by atoms with van der Waals surface area (Å²) in [4.78, 5) is 20.5. The van der Waals surface area contributed by atoms with E-state index in [-0.39, 0.29) is 23.6 Å². The van der Waals surface area contributed by atoms with Crippen LogP contribution in [0.5, 0.6) is 0 Å². The fourth-order valence-corrected chi connectivity index (χ4v) is 1.18. The molecule has 4 nitrogen and oxygen atoms in total. The van der Waals surface area contributed by atoms with Crippen molar-refractivity contribution in [1.29, 1.82) is 0 Å². The van der Waals surface area contributed by atoms with E-state index in [2.05, 4.69) is 6.92 Å². The Balaban J connectivity index is 0. The second-order valence-corrected chi connectivity index (χ2v) is 4.91. The summed E-state index contributed by atoms with van der Waals surface area (Å²) in [6.07, 6.45) is 2.11. The number of carbonyl (C=O) groups excluding carboxylic acids is 2. The van der Waals surface area contributed by atoms with Crippen LogP contribution in [0.15, 0.2) is 0 Å². The van der Waals surface area contributed by atoms with Gasteiger partial charge >= 0.3 is 11.9 Å². The van der Waals surface area contributed by atoms with Crippen LogP contribution in [0.4, 0.5) is 0 Å². The molecule has 0 saturated carbocycles. The molecule has 0 heterocycles. The standard InChI is InChI=1S/C7H14O2.C6H12O2/c1-4-5-6(2)9-7(3)8;1-5(7)8-6(2,3)4/h6H,4-5H2,1-3H3;1-4H3. The predicted octanol–water partition coefficient (Wildman–Crippen LogP) is 3.09. The third-order valence-corrected chi connectivity index (χ3v) is 1.51. The van der Waals surface area contributed by atoms with Gasteiger partial charge in [-0.25, -0.2) is 0 Å². The van der Waals surface area contributed by atoms with E-state index in [0.29, 0.717) is 0 Å². The molecule has 1 atom stereocenters. The van der Waals surface area contributed by atoms with Crippen LogP contribution in [0.1, 0.15) is 61.3 Å². The Morgan fingerprint density at radius 1 is 1.12 bits per heavy atom. The zero-order chi connectivity index (χ0) is 14.1. The van der Waals surface area contributed by atoms with E-state index in [0.717, 1.165) is 12.8 Å². The van der Waals surface area contributed by atoms with Crippen LogP contribution < -0.4 is 0 Å². The first-order valence-electron chi connectivity index (χ1n) is 5.95. The average Bonchev–Trinajstić information content (AvgIpc) is 1.97. The highest BCUT2D eigenvalue weighted by atomic mass is 16.6. The molecule has 0 saturated heterocycles. The van der Waals surface area contributed by atoms with Crippen LogP contribution >= 0.6 is 0 Å². The number of ether oxygens (including phenoxy) is 2. The summed E-state index contributed by atoms with van der Waals surface area (Å²) in [6, 6.07) is 0. The molecule has 0 bridgehead atoms. The molecule has 4 heteroatoms. The molecule has 0 fully saturated rings. The van der Waals surface area contributed by atoms with Crippen molar-refractivity contribution in [1.82, 2.24) is 0 Å². The minimum atomic E-state index is -0.328. The first kappa shape index (κ1) is 18.3. The van der Waals surface area contributed by atoms with Crippen LogP contribution in [0.25, 0.3) is 0 Å². The van der Waals surface area contributed by atoms with Gasteiger partial charge in [-0.1, -0.05) is 13.3 Å². The van der Waals surface area contributed by atoms with E-state index >= 15 is 0 Å². The molecule has 17 heavy (non-hydrogen) atoms. The normalized spacial score (nSPS) is 11.9. The maximum atomic E-state index is 10.3. The van der Waals surface area contributed by atoms with Crippen molar-refractivity contribution >= 4 is 11.9 Å². The summed E-state index contributed by atoms with van der Waals surface area (Å²) in [5.41, 5.74) is -0.328. The fourth-order valence-electron chi connectivity index (χ4n) is 1.18. The van der Waals surface area contributed by atoms with Gasteiger partial charge in [0.15, 0.2) is 0 Å². The Hall–Kier alpha value is -1.06. The van der Waals surface area contributed by atoms with Gasteiger partial charge in [-0.15, -0.1) is 0 Å². The highest BCUT2D eigenvalue weighted by molar-refractivity contribution is 5.66. The van der Waals surface area contributed by atoms with Crippen molar-refractivity contribution in [2.24, 2.45) is 0 Å². The topological polar surface area (TPSA) is 52.6 Å². The number of hydrogen-bond acceptors (Lipinski definition) is 4. The second-order valence-electron chi connectivity index (χ2n) is 4.91. The molecule has 0 aromatic heterocycles. The fraction of sp³-hybridized carbons (Fsp3) is 0.846. The van der Waals surface area contributed by atoms with Crippen LogP contribution in [0, 0.1) is 0 Å². The predicted molar refractivity (Wildman–Crippen MR) is 67.7 cm³/mol. The highest BCUT2D eigenvalue weighted by Crippen LogP contribution is 2.05. The Kier molecular flexibility index (Phi) is 9.72. The van der Waals surface area contributed by atoms with Crippen LogP contribution in [-0.4, -0.2) is 23.6 Å². The smallest absolute Gasteiger partial charge is 0.303 e. The van der Waals surface area contributed by atoms with E-state index < -0.39 is 0 Å². The molecule has 0 aliphatic rings. The van der Waals surface area contributed by atoms with Gasteiger partial charge in [0.1, 0.15) is 5.60 Å². The third-order valence-electron chi connectivity index (χ3n) is 1.51. The number of rotatable bonds is 3. The molecular weight excluding hydrogens is 220 g/mol. The van der Waals surface area contributed by atoms with E-state index in [4.69, 9.17) is 9.47 Å². The largest absolute Gasteiger partial charge is 0.463 e. The molecule has 0 spiro atoms. The minimum Gasteiger partial charge on any atom is -0.463 e. The highest BCUT2D eigenvalue weighted by Gasteiger charge is 2.11. The maximum absolute atomic E-state index is 10.3. The SMILES string of the molecule is CC(=O)OC(C)(C)C.CCCC(C)OC(C)=O. The van der Waals surface area contributed by atoms with Crippen molar-refractivity contribution in [3.63, 3.8) is 0 Å². The summed E-state index contributed by atoms with van der Waals surface area (Å²) < 4.78 is 9.65. The molecule has 102 valence electrons. The van der Waals surface area contributed by atoms with Crippen molar-refractivity contribution in [3.05, 3.63) is 0 Å². The average molecular weight is 246 g/mol. The quantitative estimate of drug-likeness (QED) is 0.718. The molecule has 0 amide bonds. The second kappa shape index (κ2) is 9.02. The lowest BCUT2D eigenvalue weighted by Gasteiger charge is -2.17.